The predicted molar refractivity (Wildman–Crippen MR) is 64.0 cm³/mol. The average Bonchev–Trinajstić information content (AvgIpc) is 2.16. The molecule has 0 radical (unpaired) electrons. The Morgan fingerprint density at radius 2 is 2.06 bits per heavy atom. The Balaban J connectivity index is 2.32. The van der Waals surface area contributed by atoms with Gasteiger partial charge < -0.3 is 15.8 Å². The lowest BCUT2D eigenvalue weighted by Gasteiger charge is -2.29. The van der Waals surface area contributed by atoms with Crippen LogP contribution < -0.4 is 11.1 Å². The van der Waals surface area contributed by atoms with Gasteiger partial charge in [0.25, 0.3) is 0 Å². The molecule has 1 heterocycles. The number of carbonyl (C=O) groups is 1. The van der Waals surface area contributed by atoms with Crippen molar-refractivity contribution >= 4 is 5.91 Å². The molecule has 1 atom stereocenters. The smallest absolute Gasteiger partial charge is 0.222 e. The molecule has 0 spiro atoms. The van der Waals surface area contributed by atoms with Gasteiger partial charge in [-0.05, 0) is 39.5 Å². The zero-order valence-corrected chi connectivity index (χ0v) is 10.6. The molecule has 1 fully saturated rings. The molecule has 0 aromatic heterocycles. The number of nitrogens with two attached hydrogens (primary N) is 1. The van der Waals surface area contributed by atoms with Gasteiger partial charge in [-0.1, -0.05) is 0 Å². The van der Waals surface area contributed by atoms with E-state index in [1.807, 2.05) is 13.8 Å². The Hall–Kier alpha value is -0.610. The molecule has 3 N–H and O–H groups in total. The highest BCUT2D eigenvalue weighted by Crippen LogP contribution is 2.18. The van der Waals surface area contributed by atoms with Gasteiger partial charge in [0.15, 0.2) is 0 Å². The second kappa shape index (κ2) is 5.64. The van der Waals surface area contributed by atoms with Crippen molar-refractivity contribution in [3.63, 3.8) is 0 Å². The number of nitrogens with one attached hydrogen (secondary N) is 1. The van der Waals surface area contributed by atoms with E-state index in [0.29, 0.717) is 12.3 Å². The summed E-state index contributed by atoms with van der Waals surface area (Å²) in [4.78, 5) is 11.7. The van der Waals surface area contributed by atoms with E-state index in [1.54, 1.807) is 0 Å². The molecule has 0 aromatic rings. The van der Waals surface area contributed by atoms with Gasteiger partial charge in [-0.3, -0.25) is 4.79 Å². The number of rotatable bonds is 4. The minimum atomic E-state index is -0.431. The standard InChI is InChI=1S/C12H24N2O2/c1-9(10-4-6-16-7-5-10)14-11(15)8-12(2,3)13/h9-10H,4-8,13H2,1-3H3,(H,14,15). The first kappa shape index (κ1) is 13.5. The van der Waals surface area contributed by atoms with E-state index < -0.39 is 5.54 Å². The van der Waals surface area contributed by atoms with Gasteiger partial charge in [-0.2, -0.15) is 0 Å². The van der Waals surface area contributed by atoms with Crippen LogP contribution >= 0.6 is 0 Å². The van der Waals surface area contributed by atoms with Crippen molar-refractivity contribution in [1.82, 2.24) is 5.32 Å². The number of hydrogen-bond acceptors (Lipinski definition) is 3. The molecule has 1 aliphatic rings. The van der Waals surface area contributed by atoms with Crippen LogP contribution in [0.15, 0.2) is 0 Å². The fourth-order valence-electron chi connectivity index (χ4n) is 2.05. The minimum Gasteiger partial charge on any atom is -0.381 e. The van der Waals surface area contributed by atoms with E-state index in [4.69, 9.17) is 10.5 Å². The highest BCUT2D eigenvalue weighted by atomic mass is 16.5. The average molecular weight is 228 g/mol. The number of hydrogen-bond donors (Lipinski definition) is 2. The molecule has 1 saturated heterocycles. The van der Waals surface area contributed by atoms with Crippen LogP contribution in [0.4, 0.5) is 0 Å². The van der Waals surface area contributed by atoms with E-state index in [2.05, 4.69) is 12.2 Å². The molecule has 0 bridgehead atoms. The summed E-state index contributed by atoms with van der Waals surface area (Å²) in [6.45, 7) is 7.43. The van der Waals surface area contributed by atoms with Crippen molar-refractivity contribution in [1.29, 1.82) is 0 Å². The summed E-state index contributed by atoms with van der Waals surface area (Å²) in [7, 11) is 0. The number of carbonyl (C=O) groups excluding carboxylic acids is 1. The maximum atomic E-state index is 11.7. The van der Waals surface area contributed by atoms with Crippen LogP contribution in [0.25, 0.3) is 0 Å². The maximum absolute atomic E-state index is 11.7. The third-order valence-corrected chi connectivity index (χ3v) is 2.98. The highest BCUT2D eigenvalue weighted by molar-refractivity contribution is 5.77. The van der Waals surface area contributed by atoms with Crippen molar-refractivity contribution in [2.24, 2.45) is 11.7 Å². The zero-order valence-electron chi connectivity index (χ0n) is 10.6. The van der Waals surface area contributed by atoms with Crippen molar-refractivity contribution in [3.05, 3.63) is 0 Å². The van der Waals surface area contributed by atoms with E-state index in [0.717, 1.165) is 26.1 Å². The van der Waals surface area contributed by atoms with Crippen LogP contribution in [-0.2, 0) is 9.53 Å². The predicted octanol–water partition coefficient (Wildman–Crippen LogP) is 1.05. The van der Waals surface area contributed by atoms with Crippen molar-refractivity contribution in [3.8, 4) is 0 Å². The molecule has 4 nitrogen and oxygen atoms in total. The van der Waals surface area contributed by atoms with Crippen molar-refractivity contribution in [2.75, 3.05) is 13.2 Å². The Morgan fingerprint density at radius 3 is 2.56 bits per heavy atom. The molecule has 16 heavy (non-hydrogen) atoms. The summed E-state index contributed by atoms with van der Waals surface area (Å²) < 4.78 is 5.30. The zero-order chi connectivity index (χ0) is 12.2. The van der Waals surface area contributed by atoms with E-state index in [-0.39, 0.29) is 11.9 Å². The number of amides is 1. The van der Waals surface area contributed by atoms with Gasteiger partial charge in [-0.15, -0.1) is 0 Å². The first-order valence-corrected chi connectivity index (χ1v) is 6.04. The third kappa shape index (κ3) is 4.94. The molecule has 1 rings (SSSR count). The second-order valence-corrected chi connectivity index (χ2v) is 5.47. The molecule has 0 aromatic carbocycles. The first-order chi connectivity index (χ1) is 7.38. The van der Waals surface area contributed by atoms with Gasteiger partial charge in [0, 0.05) is 31.2 Å². The summed E-state index contributed by atoms with van der Waals surface area (Å²) in [6.07, 6.45) is 2.45. The molecule has 0 aliphatic carbocycles. The van der Waals surface area contributed by atoms with Gasteiger partial charge in [0.05, 0.1) is 0 Å². The van der Waals surface area contributed by atoms with Gasteiger partial charge in [-0.25, -0.2) is 0 Å². The summed E-state index contributed by atoms with van der Waals surface area (Å²) in [5.74, 6) is 0.588. The topological polar surface area (TPSA) is 64.4 Å². The lowest BCUT2D eigenvalue weighted by atomic mass is 9.92. The van der Waals surface area contributed by atoms with Crippen LogP contribution in [-0.4, -0.2) is 30.7 Å². The molecule has 1 aliphatic heterocycles. The van der Waals surface area contributed by atoms with Crippen molar-refractivity contribution < 1.29 is 9.53 Å². The lowest BCUT2D eigenvalue weighted by molar-refractivity contribution is -0.123. The Labute approximate surface area is 97.9 Å². The summed E-state index contributed by atoms with van der Waals surface area (Å²) >= 11 is 0. The van der Waals surface area contributed by atoms with E-state index >= 15 is 0 Å². The molecular weight excluding hydrogens is 204 g/mol. The SMILES string of the molecule is CC(NC(=O)CC(C)(C)N)C1CCOCC1. The van der Waals surface area contributed by atoms with Crippen LogP contribution in [0.1, 0.15) is 40.0 Å². The fraction of sp³-hybridized carbons (Fsp3) is 0.917. The maximum Gasteiger partial charge on any atom is 0.222 e. The second-order valence-electron chi connectivity index (χ2n) is 5.47. The largest absolute Gasteiger partial charge is 0.381 e. The van der Waals surface area contributed by atoms with Crippen LogP contribution in [0.2, 0.25) is 0 Å². The molecule has 1 amide bonds. The van der Waals surface area contributed by atoms with Gasteiger partial charge in [0.1, 0.15) is 0 Å². The Kier molecular flexibility index (Phi) is 4.74. The van der Waals surface area contributed by atoms with Crippen molar-refractivity contribution in [2.45, 2.75) is 51.6 Å². The third-order valence-electron chi connectivity index (χ3n) is 2.98. The van der Waals surface area contributed by atoms with Crippen LogP contribution in [0.5, 0.6) is 0 Å². The van der Waals surface area contributed by atoms with E-state index in [1.165, 1.54) is 0 Å². The lowest BCUT2D eigenvalue weighted by Crippen LogP contribution is -2.44. The monoisotopic (exact) mass is 228 g/mol. The summed E-state index contributed by atoms with van der Waals surface area (Å²) in [5, 5.41) is 3.03. The van der Waals surface area contributed by atoms with Crippen LogP contribution in [0.3, 0.4) is 0 Å². The quantitative estimate of drug-likeness (QED) is 0.756. The van der Waals surface area contributed by atoms with Crippen LogP contribution in [0, 0.1) is 5.92 Å². The van der Waals surface area contributed by atoms with E-state index in [9.17, 15) is 4.79 Å². The summed E-state index contributed by atoms with van der Waals surface area (Å²) in [6, 6.07) is 0.221. The normalized spacial score (nSPS) is 20.5. The number of ether oxygens (including phenoxy) is 1. The first-order valence-electron chi connectivity index (χ1n) is 6.04. The minimum absolute atomic E-state index is 0.0477. The molecular formula is C12H24N2O2. The fourth-order valence-corrected chi connectivity index (χ4v) is 2.05. The highest BCUT2D eigenvalue weighted by Gasteiger charge is 2.23. The molecule has 94 valence electrons. The van der Waals surface area contributed by atoms with Gasteiger partial charge in [0.2, 0.25) is 5.91 Å². The molecule has 1 unspecified atom stereocenters. The molecule has 0 saturated carbocycles. The summed E-state index contributed by atoms with van der Waals surface area (Å²) in [5.41, 5.74) is 5.38. The van der Waals surface area contributed by atoms with Gasteiger partial charge >= 0.3 is 0 Å². The Morgan fingerprint density at radius 1 is 1.50 bits per heavy atom. The Bertz CT molecular complexity index is 230. The molecule has 4 heteroatoms.